The summed E-state index contributed by atoms with van der Waals surface area (Å²) in [6.45, 7) is 12.6. The van der Waals surface area contributed by atoms with Crippen LogP contribution in [0.4, 0.5) is 5.13 Å². The molecule has 0 radical (unpaired) electrons. The fourth-order valence-electron chi connectivity index (χ4n) is 3.30. The third-order valence-corrected chi connectivity index (χ3v) is 5.55. The van der Waals surface area contributed by atoms with Crippen molar-refractivity contribution in [1.82, 2.24) is 19.7 Å². The van der Waals surface area contributed by atoms with Crippen molar-refractivity contribution in [2.24, 2.45) is 5.92 Å². The second-order valence-electron chi connectivity index (χ2n) is 7.08. The molecule has 25 heavy (non-hydrogen) atoms. The van der Waals surface area contributed by atoms with E-state index in [9.17, 15) is 4.79 Å². The van der Waals surface area contributed by atoms with Gasteiger partial charge in [-0.1, -0.05) is 13.8 Å². The number of aromatic nitrogens is 3. The second kappa shape index (κ2) is 7.56. The molecule has 136 valence electrons. The molecule has 7 heteroatoms. The molecule has 0 bridgehead atoms. The maximum absolute atomic E-state index is 12.8. The van der Waals surface area contributed by atoms with Gasteiger partial charge in [-0.05, 0) is 19.8 Å². The number of amides is 1. The number of hydrogen-bond acceptors (Lipinski definition) is 5. The zero-order chi connectivity index (χ0) is 18.0. The third kappa shape index (κ3) is 4.03. The number of rotatable bonds is 5. The Bertz CT molecular complexity index is 714. The maximum atomic E-state index is 12.8. The van der Waals surface area contributed by atoms with Gasteiger partial charge in [-0.15, -0.1) is 11.3 Å². The smallest absolute Gasteiger partial charge is 0.227 e. The van der Waals surface area contributed by atoms with Gasteiger partial charge in [0.25, 0.3) is 0 Å². The number of anilines is 1. The summed E-state index contributed by atoms with van der Waals surface area (Å²) in [6.07, 6.45) is 2.28. The average Bonchev–Trinajstić information content (AvgIpc) is 3.19. The van der Waals surface area contributed by atoms with Gasteiger partial charge in [0, 0.05) is 55.6 Å². The number of piperazine rings is 1. The van der Waals surface area contributed by atoms with Crippen LogP contribution in [0.2, 0.25) is 0 Å². The number of thiazole rings is 1. The Morgan fingerprint density at radius 3 is 2.56 bits per heavy atom. The van der Waals surface area contributed by atoms with Crippen molar-refractivity contribution in [1.29, 1.82) is 0 Å². The topological polar surface area (TPSA) is 54.3 Å². The van der Waals surface area contributed by atoms with E-state index in [2.05, 4.69) is 35.8 Å². The lowest BCUT2D eigenvalue weighted by Crippen LogP contribution is -2.49. The molecule has 1 amide bonds. The molecule has 2 aromatic rings. The number of hydrogen-bond donors (Lipinski definition) is 0. The van der Waals surface area contributed by atoms with Crippen molar-refractivity contribution >= 4 is 22.4 Å². The van der Waals surface area contributed by atoms with Crippen molar-refractivity contribution in [3.05, 3.63) is 28.5 Å². The van der Waals surface area contributed by atoms with Crippen molar-refractivity contribution in [2.45, 2.75) is 40.7 Å². The van der Waals surface area contributed by atoms with E-state index in [1.165, 1.54) is 0 Å². The van der Waals surface area contributed by atoms with Crippen molar-refractivity contribution in [3.8, 4) is 0 Å². The number of nitrogens with zero attached hydrogens (tertiary/aromatic N) is 5. The van der Waals surface area contributed by atoms with E-state index in [0.717, 1.165) is 54.8 Å². The van der Waals surface area contributed by atoms with Crippen LogP contribution in [0, 0.1) is 19.8 Å². The SMILES string of the molecule is Cc1nn(CC(C)C)c(C)c1CC(=O)N1CCN(c2nccs2)CC1. The molecule has 3 rings (SSSR count). The molecular weight excluding hydrogens is 334 g/mol. The Labute approximate surface area is 153 Å². The molecule has 0 N–H and O–H groups in total. The standard InChI is InChI=1S/C18H27N5OS/c1-13(2)12-23-15(4)16(14(3)20-23)11-17(24)21-6-8-22(9-7-21)18-19-5-10-25-18/h5,10,13H,6-9,11-12H2,1-4H3. The van der Waals surface area contributed by atoms with E-state index in [0.29, 0.717) is 12.3 Å². The van der Waals surface area contributed by atoms with Crippen molar-refractivity contribution in [2.75, 3.05) is 31.1 Å². The van der Waals surface area contributed by atoms with Crippen molar-refractivity contribution in [3.63, 3.8) is 0 Å². The van der Waals surface area contributed by atoms with Gasteiger partial charge < -0.3 is 9.80 Å². The van der Waals surface area contributed by atoms with E-state index >= 15 is 0 Å². The summed E-state index contributed by atoms with van der Waals surface area (Å²) >= 11 is 1.65. The van der Waals surface area contributed by atoms with Gasteiger partial charge in [-0.2, -0.15) is 5.10 Å². The quantitative estimate of drug-likeness (QED) is 0.821. The first-order valence-electron chi connectivity index (χ1n) is 8.90. The second-order valence-corrected chi connectivity index (χ2v) is 7.96. The predicted molar refractivity (Wildman–Crippen MR) is 101 cm³/mol. The molecule has 0 aromatic carbocycles. The number of carbonyl (C=O) groups is 1. The Hall–Kier alpha value is -1.89. The van der Waals surface area contributed by atoms with E-state index in [-0.39, 0.29) is 5.91 Å². The highest BCUT2D eigenvalue weighted by atomic mass is 32.1. The first-order chi connectivity index (χ1) is 12.0. The van der Waals surface area contributed by atoms with Crippen LogP contribution >= 0.6 is 11.3 Å². The van der Waals surface area contributed by atoms with Gasteiger partial charge in [-0.25, -0.2) is 4.98 Å². The Balaban J connectivity index is 1.61. The van der Waals surface area contributed by atoms with E-state index in [4.69, 9.17) is 0 Å². The number of aryl methyl sites for hydroxylation is 1. The minimum atomic E-state index is 0.203. The Kier molecular flexibility index (Phi) is 5.42. The van der Waals surface area contributed by atoms with E-state index in [1.54, 1.807) is 11.3 Å². The summed E-state index contributed by atoms with van der Waals surface area (Å²) in [5.41, 5.74) is 3.20. The Morgan fingerprint density at radius 2 is 1.96 bits per heavy atom. The van der Waals surface area contributed by atoms with Crippen LogP contribution in [0.1, 0.15) is 30.8 Å². The fraction of sp³-hybridized carbons (Fsp3) is 0.611. The molecule has 0 saturated carbocycles. The van der Waals surface area contributed by atoms with Crippen LogP contribution in [0.5, 0.6) is 0 Å². The molecule has 3 heterocycles. The van der Waals surface area contributed by atoms with Crippen LogP contribution in [0.25, 0.3) is 0 Å². The van der Waals surface area contributed by atoms with Crippen LogP contribution in [-0.4, -0.2) is 51.8 Å². The summed E-state index contributed by atoms with van der Waals surface area (Å²) in [5.74, 6) is 0.745. The lowest BCUT2D eigenvalue weighted by atomic mass is 10.1. The van der Waals surface area contributed by atoms with Crippen LogP contribution in [-0.2, 0) is 17.8 Å². The summed E-state index contributed by atoms with van der Waals surface area (Å²) in [5, 5.41) is 7.67. The predicted octanol–water partition coefficient (Wildman–Crippen LogP) is 2.50. The lowest BCUT2D eigenvalue weighted by molar-refractivity contribution is -0.130. The molecule has 1 saturated heterocycles. The first kappa shape index (κ1) is 17.9. The molecular formula is C18H27N5OS. The van der Waals surface area contributed by atoms with E-state index in [1.807, 2.05) is 28.1 Å². The molecule has 0 spiro atoms. The highest BCUT2D eigenvalue weighted by molar-refractivity contribution is 7.13. The normalized spacial score (nSPS) is 15.2. The highest BCUT2D eigenvalue weighted by Gasteiger charge is 2.24. The number of carbonyl (C=O) groups excluding carboxylic acids is 1. The Morgan fingerprint density at radius 1 is 1.24 bits per heavy atom. The molecule has 1 aliphatic rings. The zero-order valence-corrected chi connectivity index (χ0v) is 16.3. The molecule has 6 nitrogen and oxygen atoms in total. The fourth-order valence-corrected chi connectivity index (χ4v) is 3.99. The summed E-state index contributed by atoms with van der Waals surface area (Å²) in [7, 11) is 0. The average molecular weight is 362 g/mol. The monoisotopic (exact) mass is 361 g/mol. The van der Waals surface area contributed by atoms with Gasteiger partial charge in [0.15, 0.2) is 5.13 Å². The molecule has 0 aliphatic carbocycles. The van der Waals surface area contributed by atoms with Gasteiger partial charge in [-0.3, -0.25) is 9.48 Å². The summed E-state index contributed by atoms with van der Waals surface area (Å²) in [6, 6.07) is 0. The van der Waals surface area contributed by atoms with Gasteiger partial charge in [0.2, 0.25) is 5.91 Å². The van der Waals surface area contributed by atoms with E-state index < -0.39 is 0 Å². The molecule has 0 unspecified atom stereocenters. The van der Waals surface area contributed by atoms with Gasteiger partial charge in [0.05, 0.1) is 12.1 Å². The van der Waals surface area contributed by atoms with Gasteiger partial charge >= 0.3 is 0 Å². The van der Waals surface area contributed by atoms with Crippen LogP contribution < -0.4 is 4.90 Å². The largest absolute Gasteiger partial charge is 0.345 e. The molecule has 1 fully saturated rings. The minimum Gasteiger partial charge on any atom is -0.345 e. The lowest BCUT2D eigenvalue weighted by Gasteiger charge is -2.34. The third-order valence-electron chi connectivity index (χ3n) is 4.72. The molecule has 2 aromatic heterocycles. The summed E-state index contributed by atoms with van der Waals surface area (Å²) in [4.78, 5) is 21.3. The maximum Gasteiger partial charge on any atom is 0.227 e. The summed E-state index contributed by atoms with van der Waals surface area (Å²) < 4.78 is 2.04. The van der Waals surface area contributed by atoms with Crippen LogP contribution in [0.3, 0.4) is 0 Å². The van der Waals surface area contributed by atoms with Gasteiger partial charge in [0.1, 0.15) is 0 Å². The van der Waals surface area contributed by atoms with Crippen molar-refractivity contribution < 1.29 is 4.79 Å². The first-order valence-corrected chi connectivity index (χ1v) is 9.78. The van der Waals surface area contributed by atoms with Crippen LogP contribution in [0.15, 0.2) is 11.6 Å². The molecule has 0 atom stereocenters. The highest BCUT2D eigenvalue weighted by Crippen LogP contribution is 2.20. The molecule has 1 aliphatic heterocycles. The minimum absolute atomic E-state index is 0.203. The zero-order valence-electron chi connectivity index (χ0n) is 15.5.